The van der Waals surface area contributed by atoms with E-state index in [4.69, 9.17) is 9.47 Å². The van der Waals surface area contributed by atoms with Crippen LogP contribution in [0.5, 0.6) is 5.75 Å². The monoisotopic (exact) mass is 369 g/mol. The third kappa shape index (κ3) is 6.74. The van der Waals surface area contributed by atoms with Crippen molar-refractivity contribution in [3.8, 4) is 5.75 Å². The lowest BCUT2D eigenvalue weighted by atomic mass is 10.2. The van der Waals surface area contributed by atoms with Crippen molar-refractivity contribution in [2.24, 2.45) is 0 Å². The van der Waals surface area contributed by atoms with Gasteiger partial charge >= 0.3 is 5.97 Å². The third-order valence-corrected chi connectivity index (χ3v) is 5.56. The molecule has 0 bridgehead atoms. The lowest BCUT2D eigenvalue weighted by Gasteiger charge is -2.16. The van der Waals surface area contributed by atoms with Crippen molar-refractivity contribution >= 4 is 21.7 Å². The van der Waals surface area contributed by atoms with Crippen LogP contribution >= 0.6 is 0 Å². The summed E-state index contributed by atoms with van der Waals surface area (Å²) < 4.78 is 33.3. The molecule has 8 heteroatoms. The van der Waals surface area contributed by atoms with Gasteiger partial charge in [0.05, 0.1) is 18.1 Å². The van der Waals surface area contributed by atoms with Crippen LogP contribution in [0, 0.1) is 0 Å². The average molecular weight is 369 g/mol. The topological polar surface area (TPSA) is 98.8 Å². The van der Waals surface area contributed by atoms with Gasteiger partial charge in [0.15, 0.2) is 15.9 Å². The molecule has 1 amide bonds. The van der Waals surface area contributed by atoms with Gasteiger partial charge in [0.1, 0.15) is 5.75 Å². The van der Waals surface area contributed by atoms with Crippen molar-refractivity contribution in [1.82, 2.24) is 5.32 Å². The van der Waals surface area contributed by atoms with E-state index in [0.29, 0.717) is 19.4 Å². The number of carbonyl (C=O) groups is 2. The minimum Gasteiger partial charge on any atom is -0.494 e. The first-order valence-corrected chi connectivity index (χ1v) is 10.1. The molecule has 25 heavy (non-hydrogen) atoms. The van der Waals surface area contributed by atoms with E-state index in [2.05, 4.69) is 5.32 Å². The Morgan fingerprint density at radius 2 is 2.00 bits per heavy atom. The minimum absolute atomic E-state index is 0.0593. The Kier molecular flexibility index (Phi) is 6.81. The van der Waals surface area contributed by atoms with Crippen molar-refractivity contribution in [1.29, 1.82) is 0 Å². The number of nitrogens with one attached hydrogen (secondary N) is 1. The summed E-state index contributed by atoms with van der Waals surface area (Å²) in [5, 5.41) is 2.61. The highest BCUT2D eigenvalue weighted by molar-refractivity contribution is 7.91. The molecule has 0 aliphatic carbocycles. The Morgan fingerprint density at radius 3 is 2.64 bits per heavy atom. The van der Waals surface area contributed by atoms with Crippen LogP contribution in [-0.2, 0) is 24.2 Å². The number of para-hydroxylation sites is 1. The quantitative estimate of drug-likeness (QED) is 0.544. The predicted molar refractivity (Wildman–Crippen MR) is 91.9 cm³/mol. The molecule has 1 N–H and O–H groups in total. The van der Waals surface area contributed by atoms with Crippen molar-refractivity contribution < 1.29 is 27.5 Å². The third-order valence-electron chi connectivity index (χ3n) is 3.79. The summed E-state index contributed by atoms with van der Waals surface area (Å²) in [7, 11) is -3.06. The molecule has 1 aliphatic heterocycles. The van der Waals surface area contributed by atoms with Crippen LogP contribution in [0.3, 0.4) is 0 Å². The van der Waals surface area contributed by atoms with Gasteiger partial charge in [-0.1, -0.05) is 18.2 Å². The molecule has 1 aliphatic rings. The Labute approximate surface area is 147 Å². The van der Waals surface area contributed by atoms with Gasteiger partial charge in [-0.2, -0.15) is 0 Å². The number of sulfone groups is 1. The van der Waals surface area contributed by atoms with Gasteiger partial charge in [0, 0.05) is 12.5 Å². The molecule has 1 aromatic carbocycles. The number of hydrogen-bond donors (Lipinski definition) is 1. The van der Waals surface area contributed by atoms with Gasteiger partial charge in [-0.15, -0.1) is 0 Å². The van der Waals surface area contributed by atoms with E-state index in [1.54, 1.807) is 0 Å². The maximum Gasteiger partial charge on any atom is 0.306 e. The van der Waals surface area contributed by atoms with E-state index < -0.39 is 33.9 Å². The van der Waals surface area contributed by atoms with Crippen molar-refractivity contribution in [3.05, 3.63) is 30.3 Å². The van der Waals surface area contributed by atoms with E-state index in [0.717, 1.165) is 5.75 Å². The van der Waals surface area contributed by atoms with Crippen LogP contribution in [0.2, 0.25) is 0 Å². The van der Waals surface area contributed by atoms with E-state index in [1.165, 1.54) is 6.92 Å². The maximum atomic E-state index is 12.0. The van der Waals surface area contributed by atoms with Crippen LogP contribution < -0.4 is 10.1 Å². The first kappa shape index (κ1) is 19.2. The summed E-state index contributed by atoms with van der Waals surface area (Å²) in [6.45, 7) is 1.84. The van der Waals surface area contributed by atoms with Crippen LogP contribution in [0.1, 0.15) is 26.2 Å². The first-order valence-electron chi connectivity index (χ1n) is 8.24. The standard InChI is InChI=1S/C17H23NO6S/c1-13(17(20)18-14-9-11-25(21,22)12-14)24-16(19)8-5-10-23-15-6-3-2-4-7-15/h2-4,6-7,13-14H,5,8-12H2,1H3,(H,18,20)/t13-,14-/m0/s1. The fourth-order valence-corrected chi connectivity index (χ4v) is 4.13. The summed E-state index contributed by atoms with van der Waals surface area (Å²) in [6.07, 6.45) is 0.0578. The Hall–Kier alpha value is -2.09. The second kappa shape index (κ2) is 8.84. The van der Waals surface area contributed by atoms with Crippen LogP contribution in [-0.4, -0.2) is 50.6 Å². The van der Waals surface area contributed by atoms with Crippen LogP contribution in [0.4, 0.5) is 0 Å². The van der Waals surface area contributed by atoms with Gasteiger partial charge in [-0.3, -0.25) is 9.59 Å². The summed E-state index contributed by atoms with van der Waals surface area (Å²) in [5.41, 5.74) is 0. The molecule has 2 rings (SSSR count). The highest BCUT2D eigenvalue weighted by Gasteiger charge is 2.30. The van der Waals surface area contributed by atoms with E-state index in [9.17, 15) is 18.0 Å². The summed E-state index contributed by atoms with van der Waals surface area (Å²) in [4.78, 5) is 23.7. The molecular weight excluding hydrogens is 346 g/mol. The number of amides is 1. The molecule has 1 aromatic rings. The molecule has 138 valence electrons. The first-order chi connectivity index (χ1) is 11.9. The molecule has 0 radical (unpaired) electrons. The smallest absolute Gasteiger partial charge is 0.306 e. The SMILES string of the molecule is C[C@H](OC(=O)CCCOc1ccccc1)C(=O)N[C@H]1CCS(=O)(=O)C1. The predicted octanol–water partition coefficient (Wildman–Crippen LogP) is 1.08. The van der Waals surface area contributed by atoms with Crippen molar-refractivity contribution in [2.75, 3.05) is 18.1 Å². The van der Waals surface area contributed by atoms with Crippen molar-refractivity contribution in [2.45, 2.75) is 38.3 Å². The fourth-order valence-electron chi connectivity index (χ4n) is 2.46. The molecule has 0 saturated carbocycles. The zero-order valence-electron chi connectivity index (χ0n) is 14.1. The number of esters is 1. The number of carbonyl (C=O) groups excluding carboxylic acids is 2. The summed E-state index contributed by atoms with van der Waals surface area (Å²) in [6, 6.07) is 8.86. The highest BCUT2D eigenvalue weighted by atomic mass is 32.2. The Morgan fingerprint density at radius 1 is 1.28 bits per heavy atom. The molecule has 1 fully saturated rings. The van der Waals surface area contributed by atoms with Gasteiger partial charge in [0.25, 0.3) is 5.91 Å². The normalized spacial score (nSPS) is 19.8. The largest absolute Gasteiger partial charge is 0.494 e. The Bertz CT molecular complexity index is 688. The van der Waals surface area contributed by atoms with Gasteiger partial charge < -0.3 is 14.8 Å². The summed E-state index contributed by atoms with van der Waals surface area (Å²) in [5.74, 6) is -0.214. The second-order valence-electron chi connectivity index (χ2n) is 6.01. The average Bonchev–Trinajstić information content (AvgIpc) is 2.91. The highest BCUT2D eigenvalue weighted by Crippen LogP contribution is 2.12. The molecule has 7 nitrogen and oxygen atoms in total. The van der Waals surface area contributed by atoms with Gasteiger partial charge in [-0.05, 0) is 31.9 Å². The van der Waals surface area contributed by atoms with Crippen LogP contribution in [0.15, 0.2) is 30.3 Å². The van der Waals surface area contributed by atoms with E-state index in [1.807, 2.05) is 30.3 Å². The summed E-state index contributed by atoms with van der Waals surface area (Å²) >= 11 is 0. The number of benzene rings is 1. The Balaban J connectivity index is 1.63. The molecule has 1 heterocycles. The van der Waals surface area contributed by atoms with E-state index in [-0.39, 0.29) is 17.9 Å². The molecule has 1 saturated heterocycles. The lowest BCUT2D eigenvalue weighted by Crippen LogP contribution is -2.42. The minimum atomic E-state index is -3.06. The lowest BCUT2D eigenvalue weighted by molar-refractivity contribution is -0.155. The molecule has 2 atom stereocenters. The number of ether oxygens (including phenoxy) is 2. The zero-order valence-corrected chi connectivity index (χ0v) is 15.0. The zero-order chi connectivity index (χ0) is 18.3. The van der Waals surface area contributed by atoms with E-state index >= 15 is 0 Å². The fraction of sp³-hybridized carbons (Fsp3) is 0.529. The molecular formula is C17H23NO6S. The molecule has 0 unspecified atom stereocenters. The number of rotatable bonds is 8. The number of hydrogen-bond acceptors (Lipinski definition) is 6. The molecule has 0 spiro atoms. The maximum absolute atomic E-state index is 12.0. The molecule has 0 aromatic heterocycles. The van der Waals surface area contributed by atoms with Gasteiger partial charge in [-0.25, -0.2) is 8.42 Å². The second-order valence-corrected chi connectivity index (χ2v) is 8.23. The van der Waals surface area contributed by atoms with Gasteiger partial charge in [0.2, 0.25) is 0 Å². The van der Waals surface area contributed by atoms with Crippen LogP contribution in [0.25, 0.3) is 0 Å². The van der Waals surface area contributed by atoms with Crippen molar-refractivity contribution in [3.63, 3.8) is 0 Å².